The molecule has 1 aromatic carbocycles. The number of nitrogens with zero attached hydrogens (tertiary/aromatic N) is 2. The number of benzene rings is 1. The third-order valence-electron chi connectivity index (χ3n) is 3.68. The average molecular weight is 312 g/mol. The molecule has 1 aliphatic heterocycles. The van der Waals surface area contributed by atoms with Crippen molar-refractivity contribution in [2.24, 2.45) is 0 Å². The van der Waals surface area contributed by atoms with E-state index in [1.165, 1.54) is 0 Å². The van der Waals surface area contributed by atoms with Gasteiger partial charge in [0.15, 0.2) is 0 Å². The number of piperazine rings is 1. The predicted octanol–water partition coefficient (Wildman–Crippen LogP) is 0.155. The minimum absolute atomic E-state index is 0.356. The van der Waals surface area contributed by atoms with Gasteiger partial charge in [-0.1, -0.05) is 12.1 Å². The molecule has 0 unspecified atom stereocenters. The molecule has 0 spiro atoms. The third kappa shape index (κ3) is 4.24. The maximum atomic E-state index is 12.6. The van der Waals surface area contributed by atoms with Crippen LogP contribution in [0.2, 0.25) is 0 Å². The number of rotatable bonds is 5. The van der Waals surface area contributed by atoms with Crippen molar-refractivity contribution in [2.75, 3.05) is 40.3 Å². The van der Waals surface area contributed by atoms with Gasteiger partial charge in [-0.15, -0.1) is 4.83 Å². The van der Waals surface area contributed by atoms with Gasteiger partial charge in [0.25, 0.3) is 10.0 Å². The van der Waals surface area contributed by atoms with Crippen molar-refractivity contribution < 1.29 is 8.42 Å². The van der Waals surface area contributed by atoms with Crippen molar-refractivity contribution in [2.45, 2.75) is 18.4 Å². The first-order valence-electron chi connectivity index (χ1n) is 7.12. The van der Waals surface area contributed by atoms with Gasteiger partial charge < -0.3 is 10.2 Å². The molecule has 118 valence electrons. The third-order valence-corrected chi connectivity index (χ3v) is 5.19. The van der Waals surface area contributed by atoms with Crippen molar-refractivity contribution >= 4 is 10.0 Å². The number of likely N-dealkylation sites (N-methyl/N-ethyl adjacent to an activating group) is 1. The van der Waals surface area contributed by atoms with Gasteiger partial charge in [-0.2, -0.15) is 0 Å². The summed E-state index contributed by atoms with van der Waals surface area (Å²) >= 11 is 0. The Balaban J connectivity index is 2.17. The first-order valence-corrected chi connectivity index (χ1v) is 8.61. The highest BCUT2D eigenvalue weighted by Gasteiger charge is 2.23. The standard InChI is InChI=1S/C14H24N4O2S/c1-12-4-5-13(11-15-2)10-14(12)21(19,20)16-18-8-6-17(3)7-9-18/h4-5,10,15-16H,6-9,11H2,1-3H3. The minimum atomic E-state index is -3.52. The molecule has 2 N–H and O–H groups in total. The normalized spacial score (nSPS) is 18.0. The van der Waals surface area contributed by atoms with Crippen LogP contribution in [-0.4, -0.2) is 58.6 Å². The Morgan fingerprint density at radius 3 is 2.48 bits per heavy atom. The molecule has 2 rings (SSSR count). The summed E-state index contributed by atoms with van der Waals surface area (Å²) in [6, 6.07) is 5.54. The molecule has 1 fully saturated rings. The van der Waals surface area contributed by atoms with Gasteiger partial charge in [-0.3, -0.25) is 0 Å². The maximum Gasteiger partial charge on any atom is 0.253 e. The lowest BCUT2D eigenvalue weighted by atomic mass is 10.1. The molecule has 21 heavy (non-hydrogen) atoms. The van der Waals surface area contributed by atoms with E-state index in [1.54, 1.807) is 11.1 Å². The molecule has 0 aliphatic carbocycles. The molecule has 1 aromatic rings. The zero-order chi connectivity index (χ0) is 15.5. The molecule has 1 saturated heterocycles. The van der Waals surface area contributed by atoms with Crippen molar-refractivity contribution in [3.05, 3.63) is 29.3 Å². The van der Waals surface area contributed by atoms with Crippen LogP contribution in [0.5, 0.6) is 0 Å². The Morgan fingerprint density at radius 1 is 1.19 bits per heavy atom. The summed E-state index contributed by atoms with van der Waals surface area (Å²) in [6.07, 6.45) is 0. The fourth-order valence-electron chi connectivity index (χ4n) is 2.36. The van der Waals surface area contributed by atoms with Crippen molar-refractivity contribution in [1.82, 2.24) is 20.1 Å². The van der Waals surface area contributed by atoms with E-state index < -0.39 is 10.0 Å². The molecular formula is C14H24N4O2S. The zero-order valence-corrected chi connectivity index (χ0v) is 13.7. The number of hydrogen-bond donors (Lipinski definition) is 2. The molecule has 1 heterocycles. The van der Waals surface area contributed by atoms with Crippen LogP contribution in [0, 0.1) is 6.92 Å². The molecule has 0 amide bonds. The van der Waals surface area contributed by atoms with Crippen molar-refractivity contribution in [3.8, 4) is 0 Å². The van der Waals surface area contributed by atoms with E-state index in [-0.39, 0.29) is 0 Å². The zero-order valence-electron chi connectivity index (χ0n) is 12.9. The van der Waals surface area contributed by atoms with Gasteiger partial charge in [-0.05, 0) is 38.2 Å². The summed E-state index contributed by atoms with van der Waals surface area (Å²) < 4.78 is 25.1. The Bertz CT molecular complexity index is 581. The smallest absolute Gasteiger partial charge is 0.253 e. The second kappa shape index (κ2) is 6.85. The fourth-order valence-corrected chi connectivity index (χ4v) is 3.78. The summed E-state index contributed by atoms with van der Waals surface area (Å²) in [5.41, 5.74) is 1.72. The summed E-state index contributed by atoms with van der Waals surface area (Å²) in [4.78, 5) is 5.24. The largest absolute Gasteiger partial charge is 0.316 e. The molecule has 1 aliphatic rings. The van der Waals surface area contributed by atoms with Crippen LogP contribution >= 0.6 is 0 Å². The maximum absolute atomic E-state index is 12.6. The van der Waals surface area contributed by atoms with Gasteiger partial charge in [0.05, 0.1) is 4.90 Å². The Labute approximate surface area is 127 Å². The van der Waals surface area contributed by atoms with Crippen molar-refractivity contribution in [1.29, 1.82) is 0 Å². The highest BCUT2D eigenvalue weighted by Crippen LogP contribution is 2.17. The predicted molar refractivity (Wildman–Crippen MR) is 83.3 cm³/mol. The van der Waals surface area contributed by atoms with Gasteiger partial charge >= 0.3 is 0 Å². The number of hydrogen-bond acceptors (Lipinski definition) is 5. The van der Waals surface area contributed by atoms with Crippen LogP contribution in [0.4, 0.5) is 0 Å². The Kier molecular flexibility index (Phi) is 5.34. The number of hydrazine groups is 1. The van der Waals surface area contributed by atoms with Crippen LogP contribution in [0.15, 0.2) is 23.1 Å². The fraction of sp³-hybridized carbons (Fsp3) is 0.571. The van der Waals surface area contributed by atoms with E-state index in [9.17, 15) is 8.42 Å². The average Bonchev–Trinajstić information content (AvgIpc) is 2.43. The minimum Gasteiger partial charge on any atom is -0.316 e. The Morgan fingerprint density at radius 2 is 1.86 bits per heavy atom. The molecule has 7 heteroatoms. The molecule has 6 nitrogen and oxygen atoms in total. The van der Waals surface area contributed by atoms with E-state index in [0.717, 1.165) is 24.2 Å². The molecular weight excluding hydrogens is 288 g/mol. The van der Waals surface area contributed by atoms with Gasteiger partial charge in [0, 0.05) is 32.7 Å². The van der Waals surface area contributed by atoms with Crippen LogP contribution in [0.1, 0.15) is 11.1 Å². The Hall–Kier alpha value is -0.990. The second-order valence-corrected chi connectivity index (χ2v) is 7.14. The highest BCUT2D eigenvalue weighted by atomic mass is 32.2. The quantitative estimate of drug-likeness (QED) is 0.811. The summed E-state index contributed by atoms with van der Waals surface area (Å²) in [6.45, 7) is 5.59. The topological polar surface area (TPSA) is 64.7 Å². The first kappa shape index (κ1) is 16.4. The van der Waals surface area contributed by atoms with Crippen LogP contribution in [0.3, 0.4) is 0 Å². The highest BCUT2D eigenvalue weighted by molar-refractivity contribution is 7.89. The lowest BCUT2D eigenvalue weighted by Gasteiger charge is -2.32. The van der Waals surface area contributed by atoms with E-state index in [0.29, 0.717) is 24.5 Å². The summed E-state index contributed by atoms with van der Waals surface area (Å²) in [5, 5.41) is 4.81. The second-order valence-electron chi connectivity index (χ2n) is 5.52. The lowest BCUT2D eigenvalue weighted by Crippen LogP contribution is -2.52. The number of nitrogens with one attached hydrogen (secondary N) is 2. The number of sulfonamides is 1. The SMILES string of the molecule is CNCc1ccc(C)c(S(=O)(=O)NN2CCN(C)CC2)c1. The summed E-state index contributed by atoms with van der Waals surface area (Å²) in [5.74, 6) is 0. The molecule has 0 bridgehead atoms. The first-order chi connectivity index (χ1) is 9.92. The molecule has 0 saturated carbocycles. The van der Waals surface area contributed by atoms with E-state index >= 15 is 0 Å². The van der Waals surface area contributed by atoms with Crippen molar-refractivity contribution in [3.63, 3.8) is 0 Å². The molecule has 0 aromatic heterocycles. The van der Waals surface area contributed by atoms with Gasteiger partial charge in [0.2, 0.25) is 0 Å². The van der Waals surface area contributed by atoms with Crippen LogP contribution in [-0.2, 0) is 16.6 Å². The van der Waals surface area contributed by atoms with Crippen LogP contribution < -0.4 is 10.1 Å². The van der Waals surface area contributed by atoms with Gasteiger partial charge in [-0.25, -0.2) is 13.4 Å². The monoisotopic (exact) mass is 312 g/mol. The van der Waals surface area contributed by atoms with E-state index in [1.807, 2.05) is 33.2 Å². The van der Waals surface area contributed by atoms with E-state index in [4.69, 9.17) is 0 Å². The van der Waals surface area contributed by atoms with E-state index in [2.05, 4.69) is 15.0 Å². The lowest BCUT2D eigenvalue weighted by molar-refractivity contribution is 0.135. The summed E-state index contributed by atoms with van der Waals surface area (Å²) in [7, 11) is 0.363. The molecule has 0 atom stereocenters. The van der Waals surface area contributed by atoms with Crippen LogP contribution in [0.25, 0.3) is 0 Å². The number of aryl methyl sites for hydroxylation is 1. The molecule has 0 radical (unpaired) electrons. The van der Waals surface area contributed by atoms with Gasteiger partial charge in [0.1, 0.15) is 0 Å².